The molecule has 20 heavy (non-hydrogen) atoms. The van der Waals surface area contributed by atoms with Crippen molar-refractivity contribution in [1.82, 2.24) is 5.43 Å². The maximum absolute atomic E-state index is 11.8. The van der Waals surface area contributed by atoms with Crippen LogP contribution < -0.4 is 10.2 Å². The van der Waals surface area contributed by atoms with Gasteiger partial charge in [0.05, 0.1) is 6.21 Å². The minimum absolute atomic E-state index is 0.256. The minimum atomic E-state index is -0.256. The topological polar surface area (TPSA) is 50.7 Å². The van der Waals surface area contributed by atoms with E-state index in [0.29, 0.717) is 17.9 Å². The van der Waals surface area contributed by atoms with Crippen LogP contribution in [0, 0.1) is 0 Å². The van der Waals surface area contributed by atoms with E-state index in [0.717, 1.165) is 4.88 Å². The SMILES string of the molecule is C=CCOc1ccc(C(=O)N/N=C/c2cccs2)cc1. The Balaban J connectivity index is 1.90. The van der Waals surface area contributed by atoms with Crippen molar-refractivity contribution in [1.29, 1.82) is 0 Å². The van der Waals surface area contributed by atoms with Crippen LogP contribution >= 0.6 is 11.3 Å². The van der Waals surface area contributed by atoms with Crippen LogP contribution in [-0.2, 0) is 0 Å². The molecule has 1 aromatic carbocycles. The van der Waals surface area contributed by atoms with Crippen molar-refractivity contribution in [3.8, 4) is 5.75 Å². The van der Waals surface area contributed by atoms with Crippen LogP contribution in [-0.4, -0.2) is 18.7 Å². The van der Waals surface area contributed by atoms with Crippen molar-refractivity contribution in [3.63, 3.8) is 0 Å². The number of nitrogens with zero attached hydrogens (tertiary/aromatic N) is 1. The maximum atomic E-state index is 11.8. The lowest BCUT2D eigenvalue weighted by atomic mass is 10.2. The van der Waals surface area contributed by atoms with Gasteiger partial charge in [-0.25, -0.2) is 5.43 Å². The smallest absolute Gasteiger partial charge is 0.271 e. The second kappa shape index (κ2) is 7.25. The molecule has 0 atom stereocenters. The summed E-state index contributed by atoms with van der Waals surface area (Å²) >= 11 is 1.55. The number of benzene rings is 1. The van der Waals surface area contributed by atoms with Crippen LogP contribution in [0.1, 0.15) is 15.2 Å². The third-order valence-corrected chi connectivity index (χ3v) is 3.19. The third kappa shape index (κ3) is 4.07. The molecule has 5 heteroatoms. The highest BCUT2D eigenvalue weighted by molar-refractivity contribution is 7.11. The fourth-order valence-corrected chi connectivity index (χ4v) is 2.03. The van der Waals surface area contributed by atoms with E-state index in [-0.39, 0.29) is 5.91 Å². The number of hydrogen-bond acceptors (Lipinski definition) is 4. The summed E-state index contributed by atoms with van der Waals surface area (Å²) in [6.45, 7) is 4.01. The first-order valence-corrected chi connectivity index (χ1v) is 6.88. The number of amides is 1. The third-order valence-electron chi connectivity index (χ3n) is 2.39. The molecule has 0 fully saturated rings. The number of hydrogen-bond donors (Lipinski definition) is 1. The number of thiophene rings is 1. The molecule has 0 radical (unpaired) electrons. The van der Waals surface area contributed by atoms with Gasteiger partial charge in [0, 0.05) is 10.4 Å². The predicted octanol–water partition coefficient (Wildman–Crippen LogP) is 3.08. The summed E-state index contributed by atoms with van der Waals surface area (Å²) in [7, 11) is 0. The van der Waals surface area contributed by atoms with Gasteiger partial charge in [-0.3, -0.25) is 4.79 Å². The summed E-state index contributed by atoms with van der Waals surface area (Å²) < 4.78 is 5.34. The molecule has 1 N–H and O–H groups in total. The molecule has 2 rings (SSSR count). The second-order valence-corrected chi connectivity index (χ2v) is 4.82. The highest BCUT2D eigenvalue weighted by atomic mass is 32.1. The molecule has 1 heterocycles. The lowest BCUT2D eigenvalue weighted by molar-refractivity contribution is 0.0955. The van der Waals surface area contributed by atoms with Crippen LogP contribution in [0.4, 0.5) is 0 Å². The maximum Gasteiger partial charge on any atom is 0.271 e. The lowest BCUT2D eigenvalue weighted by Gasteiger charge is -2.04. The normalized spacial score (nSPS) is 10.4. The van der Waals surface area contributed by atoms with Crippen molar-refractivity contribution in [2.45, 2.75) is 0 Å². The fraction of sp³-hybridized carbons (Fsp3) is 0.0667. The van der Waals surface area contributed by atoms with Crippen LogP contribution in [0.15, 0.2) is 59.5 Å². The van der Waals surface area contributed by atoms with E-state index in [9.17, 15) is 4.79 Å². The van der Waals surface area contributed by atoms with Gasteiger partial charge in [-0.2, -0.15) is 5.10 Å². The van der Waals surface area contributed by atoms with Gasteiger partial charge in [-0.1, -0.05) is 18.7 Å². The van der Waals surface area contributed by atoms with Crippen LogP contribution in [0.3, 0.4) is 0 Å². The lowest BCUT2D eigenvalue weighted by Crippen LogP contribution is -2.17. The van der Waals surface area contributed by atoms with Gasteiger partial charge in [-0.05, 0) is 35.7 Å². The molecule has 1 aromatic heterocycles. The monoisotopic (exact) mass is 286 g/mol. The Morgan fingerprint density at radius 1 is 1.35 bits per heavy atom. The Labute approximate surface area is 121 Å². The summed E-state index contributed by atoms with van der Waals surface area (Å²) in [4.78, 5) is 12.8. The Bertz CT molecular complexity index is 589. The number of hydrazone groups is 1. The van der Waals surface area contributed by atoms with Gasteiger partial charge in [0.1, 0.15) is 12.4 Å². The largest absolute Gasteiger partial charge is 0.490 e. The van der Waals surface area contributed by atoms with Crippen LogP contribution in [0.25, 0.3) is 0 Å². The standard InChI is InChI=1S/C15H14N2O2S/c1-2-9-19-13-7-5-12(6-8-13)15(18)17-16-11-14-4-3-10-20-14/h2-8,10-11H,1,9H2,(H,17,18)/b16-11+. The van der Waals surface area contributed by atoms with Gasteiger partial charge in [0.2, 0.25) is 0 Å². The molecule has 0 saturated carbocycles. The zero-order valence-corrected chi connectivity index (χ0v) is 11.6. The summed E-state index contributed by atoms with van der Waals surface area (Å²) in [6, 6.07) is 10.7. The highest BCUT2D eigenvalue weighted by Gasteiger charge is 2.03. The Hall–Kier alpha value is -2.40. The molecule has 0 aliphatic heterocycles. The van der Waals surface area contributed by atoms with E-state index in [1.807, 2.05) is 17.5 Å². The molecular weight excluding hydrogens is 272 g/mol. The molecule has 0 saturated heterocycles. The minimum Gasteiger partial charge on any atom is -0.490 e. The zero-order chi connectivity index (χ0) is 14.2. The van der Waals surface area contributed by atoms with Gasteiger partial charge < -0.3 is 4.74 Å². The summed E-state index contributed by atoms with van der Waals surface area (Å²) in [6.07, 6.45) is 3.28. The van der Waals surface area contributed by atoms with Crippen LogP contribution in [0.2, 0.25) is 0 Å². The van der Waals surface area contributed by atoms with E-state index in [4.69, 9.17) is 4.74 Å². The molecule has 0 unspecified atom stereocenters. The van der Waals surface area contributed by atoms with E-state index < -0.39 is 0 Å². The summed E-state index contributed by atoms with van der Waals surface area (Å²) in [5, 5.41) is 5.85. The highest BCUT2D eigenvalue weighted by Crippen LogP contribution is 2.12. The Kier molecular flexibility index (Phi) is 5.08. The molecule has 0 aliphatic carbocycles. The molecule has 0 spiro atoms. The van der Waals surface area contributed by atoms with Crippen molar-refractivity contribution in [2.24, 2.45) is 5.10 Å². The molecule has 0 aliphatic rings. The van der Waals surface area contributed by atoms with Gasteiger partial charge >= 0.3 is 0 Å². The fourth-order valence-electron chi connectivity index (χ4n) is 1.44. The summed E-state index contributed by atoms with van der Waals surface area (Å²) in [5.41, 5.74) is 3.01. The van der Waals surface area contributed by atoms with Gasteiger partial charge in [0.15, 0.2) is 0 Å². The average Bonchev–Trinajstić information content (AvgIpc) is 2.99. The van der Waals surface area contributed by atoms with Gasteiger partial charge in [0.25, 0.3) is 5.91 Å². The van der Waals surface area contributed by atoms with E-state index in [1.165, 1.54) is 0 Å². The van der Waals surface area contributed by atoms with E-state index in [2.05, 4.69) is 17.1 Å². The first-order valence-electron chi connectivity index (χ1n) is 6.00. The number of nitrogens with one attached hydrogen (secondary N) is 1. The molecule has 1 amide bonds. The van der Waals surface area contributed by atoms with Gasteiger partial charge in [-0.15, -0.1) is 11.3 Å². The first kappa shape index (κ1) is 14.0. The molecule has 2 aromatic rings. The second-order valence-electron chi connectivity index (χ2n) is 3.84. The Morgan fingerprint density at radius 3 is 2.80 bits per heavy atom. The van der Waals surface area contributed by atoms with Crippen LogP contribution in [0.5, 0.6) is 5.75 Å². The van der Waals surface area contributed by atoms with E-state index in [1.54, 1.807) is 47.9 Å². The molecule has 4 nitrogen and oxygen atoms in total. The van der Waals surface area contributed by atoms with E-state index >= 15 is 0 Å². The van der Waals surface area contributed by atoms with Crippen molar-refractivity contribution in [3.05, 3.63) is 64.9 Å². The zero-order valence-electron chi connectivity index (χ0n) is 10.8. The number of carbonyl (C=O) groups excluding carboxylic acids is 1. The molecule has 102 valence electrons. The number of rotatable bonds is 6. The number of carbonyl (C=O) groups is 1. The predicted molar refractivity (Wildman–Crippen MR) is 81.5 cm³/mol. The number of ether oxygens (including phenoxy) is 1. The van der Waals surface area contributed by atoms with Crippen molar-refractivity contribution < 1.29 is 9.53 Å². The Morgan fingerprint density at radius 2 is 2.15 bits per heavy atom. The first-order chi connectivity index (χ1) is 9.79. The molecule has 0 bridgehead atoms. The van der Waals surface area contributed by atoms with Crippen molar-refractivity contribution >= 4 is 23.5 Å². The quantitative estimate of drug-likeness (QED) is 0.504. The van der Waals surface area contributed by atoms with Crippen molar-refractivity contribution in [2.75, 3.05) is 6.61 Å². The average molecular weight is 286 g/mol. The molecular formula is C15H14N2O2S. The summed E-state index contributed by atoms with van der Waals surface area (Å²) in [5.74, 6) is 0.441.